The molecule has 0 radical (unpaired) electrons. The second-order valence-corrected chi connectivity index (χ2v) is 9.37. The molecule has 9 heteroatoms. The molecular formula is C24H26ClN3O4S. The summed E-state index contributed by atoms with van der Waals surface area (Å²) in [5.41, 5.74) is -0.176. The van der Waals surface area contributed by atoms with E-state index in [4.69, 9.17) is 16.0 Å². The van der Waals surface area contributed by atoms with Crippen molar-refractivity contribution in [1.29, 1.82) is 0 Å². The number of halogens is 1. The highest BCUT2D eigenvalue weighted by Gasteiger charge is 2.37. The van der Waals surface area contributed by atoms with E-state index in [9.17, 15) is 14.4 Å². The Labute approximate surface area is 201 Å². The fourth-order valence-electron chi connectivity index (χ4n) is 3.11. The van der Waals surface area contributed by atoms with Gasteiger partial charge in [-0.1, -0.05) is 36.7 Å². The molecule has 0 aliphatic rings. The molecule has 1 unspecified atom stereocenters. The lowest BCUT2D eigenvalue weighted by Gasteiger charge is -2.33. The number of nitrogens with zero attached hydrogens (tertiary/aromatic N) is 1. The van der Waals surface area contributed by atoms with Crippen LogP contribution in [0.5, 0.6) is 0 Å². The number of nitrogens with one attached hydrogen (secondary N) is 2. The number of benzene rings is 1. The topological polar surface area (TPSA) is 91.7 Å². The van der Waals surface area contributed by atoms with Crippen molar-refractivity contribution in [3.63, 3.8) is 0 Å². The standard InChI is InChI=1S/C24H26ClN3O4S/c1-4-24(2,3)27-23(31)21(18-11-7-13-32-18)28(17-10-6-5-9-16(17)25)20(29)15-26-22(30)19-12-8-14-33-19/h5-14,21H,4,15H2,1-3H3,(H,26,30)(H,27,31). The van der Waals surface area contributed by atoms with Crippen molar-refractivity contribution in [3.8, 4) is 0 Å². The average Bonchev–Trinajstić information content (AvgIpc) is 3.50. The van der Waals surface area contributed by atoms with Gasteiger partial charge in [-0.2, -0.15) is 0 Å². The molecule has 7 nitrogen and oxygen atoms in total. The van der Waals surface area contributed by atoms with Crippen LogP contribution in [0.3, 0.4) is 0 Å². The van der Waals surface area contributed by atoms with Gasteiger partial charge in [-0.15, -0.1) is 11.3 Å². The monoisotopic (exact) mass is 487 g/mol. The quantitative estimate of drug-likeness (QED) is 0.453. The molecule has 3 amide bonds. The van der Waals surface area contributed by atoms with Crippen LogP contribution >= 0.6 is 22.9 Å². The van der Waals surface area contributed by atoms with Crippen LogP contribution in [0.1, 0.15) is 48.7 Å². The van der Waals surface area contributed by atoms with Crippen LogP contribution in [0.4, 0.5) is 5.69 Å². The second kappa shape index (κ2) is 10.7. The fourth-order valence-corrected chi connectivity index (χ4v) is 3.98. The first-order chi connectivity index (χ1) is 15.7. The van der Waals surface area contributed by atoms with E-state index in [0.717, 1.165) is 0 Å². The predicted molar refractivity (Wildman–Crippen MR) is 130 cm³/mol. The van der Waals surface area contributed by atoms with Gasteiger partial charge in [0.05, 0.1) is 28.4 Å². The van der Waals surface area contributed by atoms with Gasteiger partial charge in [0.15, 0.2) is 6.04 Å². The molecule has 2 heterocycles. The maximum absolute atomic E-state index is 13.5. The Kier molecular flexibility index (Phi) is 7.94. The number of hydrogen-bond donors (Lipinski definition) is 2. The van der Waals surface area contributed by atoms with Crippen LogP contribution in [0, 0.1) is 0 Å². The van der Waals surface area contributed by atoms with Crippen LogP contribution in [-0.2, 0) is 9.59 Å². The molecule has 33 heavy (non-hydrogen) atoms. The molecule has 3 rings (SSSR count). The SMILES string of the molecule is CCC(C)(C)NC(=O)C(c1ccco1)N(C(=O)CNC(=O)c1cccs1)c1ccccc1Cl. The number of furan rings is 1. The maximum Gasteiger partial charge on any atom is 0.261 e. The second-order valence-electron chi connectivity index (χ2n) is 8.02. The van der Waals surface area contributed by atoms with Gasteiger partial charge in [-0.25, -0.2) is 0 Å². The summed E-state index contributed by atoms with van der Waals surface area (Å²) in [7, 11) is 0. The largest absolute Gasteiger partial charge is 0.467 e. The molecule has 3 aromatic rings. The molecule has 1 aromatic carbocycles. The van der Waals surface area contributed by atoms with Gasteiger partial charge in [0.1, 0.15) is 5.76 Å². The molecular weight excluding hydrogens is 462 g/mol. The van der Waals surface area contributed by atoms with E-state index in [-0.39, 0.29) is 23.2 Å². The van der Waals surface area contributed by atoms with Crippen molar-refractivity contribution >= 4 is 46.3 Å². The summed E-state index contributed by atoms with van der Waals surface area (Å²) >= 11 is 7.71. The van der Waals surface area contributed by atoms with E-state index >= 15 is 0 Å². The smallest absolute Gasteiger partial charge is 0.261 e. The van der Waals surface area contributed by atoms with Crippen LogP contribution < -0.4 is 15.5 Å². The molecule has 0 aliphatic heterocycles. The highest BCUT2D eigenvalue weighted by molar-refractivity contribution is 7.12. The van der Waals surface area contributed by atoms with E-state index in [1.54, 1.807) is 53.9 Å². The fraction of sp³-hybridized carbons (Fsp3) is 0.292. The number of carbonyl (C=O) groups excluding carboxylic acids is 3. The van der Waals surface area contributed by atoms with E-state index in [1.807, 2.05) is 20.8 Å². The number of rotatable bonds is 9. The third-order valence-electron chi connectivity index (χ3n) is 5.19. The summed E-state index contributed by atoms with van der Waals surface area (Å²) in [4.78, 5) is 41.1. The van der Waals surface area contributed by atoms with E-state index in [0.29, 0.717) is 17.0 Å². The molecule has 0 bridgehead atoms. The summed E-state index contributed by atoms with van der Waals surface area (Å²) < 4.78 is 5.56. The molecule has 0 saturated heterocycles. The summed E-state index contributed by atoms with van der Waals surface area (Å²) in [5, 5.41) is 7.68. The number of hydrogen-bond acceptors (Lipinski definition) is 5. The molecule has 2 N–H and O–H groups in total. The van der Waals surface area contributed by atoms with Crippen molar-refractivity contribution in [1.82, 2.24) is 10.6 Å². The number of anilines is 1. The number of carbonyl (C=O) groups is 3. The summed E-state index contributed by atoms with van der Waals surface area (Å²) in [6.07, 6.45) is 2.12. The van der Waals surface area contributed by atoms with E-state index in [1.165, 1.54) is 22.5 Å². The van der Waals surface area contributed by atoms with Crippen LogP contribution in [-0.4, -0.2) is 29.8 Å². The van der Waals surface area contributed by atoms with Gasteiger partial charge in [0, 0.05) is 5.54 Å². The Balaban J connectivity index is 1.98. The maximum atomic E-state index is 13.5. The Hall–Kier alpha value is -3.10. The van der Waals surface area contributed by atoms with Crippen LogP contribution in [0.15, 0.2) is 64.6 Å². The molecule has 2 aromatic heterocycles. The Bertz CT molecular complexity index is 1100. The Morgan fingerprint density at radius 3 is 2.48 bits per heavy atom. The van der Waals surface area contributed by atoms with Crippen molar-refractivity contribution < 1.29 is 18.8 Å². The van der Waals surface area contributed by atoms with Gasteiger partial charge in [-0.3, -0.25) is 19.3 Å². The third-order valence-corrected chi connectivity index (χ3v) is 6.38. The van der Waals surface area contributed by atoms with Gasteiger partial charge in [-0.05, 0) is 56.0 Å². The minimum atomic E-state index is -1.13. The lowest BCUT2D eigenvalue weighted by Crippen LogP contribution is -2.52. The van der Waals surface area contributed by atoms with Crippen molar-refractivity contribution in [2.24, 2.45) is 0 Å². The molecule has 0 fully saturated rings. The summed E-state index contributed by atoms with van der Waals surface area (Å²) in [6.45, 7) is 5.42. The summed E-state index contributed by atoms with van der Waals surface area (Å²) in [5.74, 6) is -1.03. The highest BCUT2D eigenvalue weighted by Crippen LogP contribution is 2.34. The zero-order chi connectivity index (χ0) is 24.0. The Morgan fingerprint density at radius 2 is 1.88 bits per heavy atom. The van der Waals surface area contributed by atoms with E-state index < -0.39 is 23.4 Å². The number of thiophene rings is 1. The Morgan fingerprint density at radius 1 is 1.12 bits per heavy atom. The predicted octanol–water partition coefficient (Wildman–Crippen LogP) is 4.80. The third kappa shape index (κ3) is 6.03. The molecule has 0 aliphatic carbocycles. The minimum Gasteiger partial charge on any atom is -0.467 e. The molecule has 0 spiro atoms. The number of para-hydroxylation sites is 1. The first-order valence-electron chi connectivity index (χ1n) is 10.5. The molecule has 1 atom stereocenters. The number of amides is 3. The molecule has 0 saturated carbocycles. The highest BCUT2D eigenvalue weighted by atomic mass is 35.5. The van der Waals surface area contributed by atoms with E-state index in [2.05, 4.69) is 10.6 Å². The lowest BCUT2D eigenvalue weighted by atomic mass is 10.0. The van der Waals surface area contributed by atoms with Gasteiger partial charge < -0.3 is 15.1 Å². The van der Waals surface area contributed by atoms with Gasteiger partial charge >= 0.3 is 0 Å². The van der Waals surface area contributed by atoms with Gasteiger partial charge in [0.2, 0.25) is 5.91 Å². The zero-order valence-electron chi connectivity index (χ0n) is 18.6. The summed E-state index contributed by atoms with van der Waals surface area (Å²) in [6, 6.07) is 12.3. The minimum absolute atomic E-state index is 0.275. The van der Waals surface area contributed by atoms with Crippen molar-refractivity contribution in [3.05, 3.63) is 75.8 Å². The first kappa shape index (κ1) is 24.5. The van der Waals surface area contributed by atoms with Gasteiger partial charge in [0.25, 0.3) is 11.8 Å². The zero-order valence-corrected chi connectivity index (χ0v) is 20.2. The lowest BCUT2D eigenvalue weighted by molar-refractivity contribution is -0.128. The molecule has 174 valence electrons. The average molecular weight is 488 g/mol. The normalized spacial score (nSPS) is 12.1. The van der Waals surface area contributed by atoms with Crippen LogP contribution in [0.2, 0.25) is 5.02 Å². The first-order valence-corrected chi connectivity index (χ1v) is 11.7. The van der Waals surface area contributed by atoms with Crippen molar-refractivity contribution in [2.75, 3.05) is 11.4 Å². The van der Waals surface area contributed by atoms with Crippen molar-refractivity contribution in [2.45, 2.75) is 38.8 Å². The van der Waals surface area contributed by atoms with Crippen LogP contribution in [0.25, 0.3) is 0 Å².